The standard InChI is InChI=1S/C26H29NO4S/c1-5-30-20-14-12-19(13-15-20)21-17-32-23(22(21)24(28)31-6-2)27-25(29)26(3,4)16-18-10-8-7-9-11-18/h7-15,17H,5-6,16H2,1-4H3,(H,27,29). The van der Waals surface area contributed by atoms with E-state index in [4.69, 9.17) is 9.47 Å². The number of carbonyl (C=O) groups is 2. The SMILES string of the molecule is CCOC(=O)c1c(-c2ccc(OCC)cc2)csc1NC(=O)C(C)(C)Cc1ccccc1. The normalized spacial score (nSPS) is 11.1. The molecule has 0 unspecified atom stereocenters. The summed E-state index contributed by atoms with van der Waals surface area (Å²) in [5.41, 5.74) is 2.39. The number of hydrogen-bond donors (Lipinski definition) is 1. The summed E-state index contributed by atoms with van der Waals surface area (Å²) in [6, 6.07) is 17.4. The van der Waals surface area contributed by atoms with Crippen LogP contribution in [-0.4, -0.2) is 25.1 Å². The van der Waals surface area contributed by atoms with Crippen LogP contribution >= 0.6 is 11.3 Å². The van der Waals surface area contributed by atoms with Gasteiger partial charge in [-0.2, -0.15) is 0 Å². The van der Waals surface area contributed by atoms with Gasteiger partial charge >= 0.3 is 5.97 Å². The number of ether oxygens (including phenoxy) is 2. The molecule has 3 aromatic rings. The Morgan fingerprint density at radius 1 is 0.969 bits per heavy atom. The number of hydrogen-bond acceptors (Lipinski definition) is 5. The number of rotatable bonds is 9. The van der Waals surface area contributed by atoms with E-state index < -0.39 is 11.4 Å². The molecule has 0 aliphatic rings. The van der Waals surface area contributed by atoms with Crippen LogP contribution in [0.5, 0.6) is 5.75 Å². The summed E-state index contributed by atoms with van der Waals surface area (Å²) in [4.78, 5) is 26.0. The molecule has 0 bridgehead atoms. The first-order valence-corrected chi connectivity index (χ1v) is 11.6. The average molecular weight is 452 g/mol. The molecule has 1 aromatic heterocycles. The van der Waals surface area contributed by atoms with E-state index >= 15 is 0 Å². The van der Waals surface area contributed by atoms with Gasteiger partial charge in [-0.25, -0.2) is 4.79 Å². The van der Waals surface area contributed by atoms with Crippen molar-refractivity contribution in [3.8, 4) is 16.9 Å². The number of benzene rings is 2. The third-order valence-electron chi connectivity index (χ3n) is 5.08. The maximum atomic E-state index is 13.2. The predicted octanol–water partition coefficient (Wildman–Crippen LogP) is 6.20. The van der Waals surface area contributed by atoms with Gasteiger partial charge in [0.15, 0.2) is 0 Å². The molecule has 0 saturated carbocycles. The second-order valence-electron chi connectivity index (χ2n) is 8.03. The van der Waals surface area contributed by atoms with Crippen molar-refractivity contribution < 1.29 is 19.1 Å². The number of thiophene rings is 1. The molecule has 0 aliphatic heterocycles. The van der Waals surface area contributed by atoms with E-state index in [0.717, 1.165) is 22.4 Å². The van der Waals surface area contributed by atoms with Gasteiger partial charge in [-0.3, -0.25) is 4.79 Å². The van der Waals surface area contributed by atoms with Crippen LogP contribution in [0.25, 0.3) is 11.1 Å². The summed E-state index contributed by atoms with van der Waals surface area (Å²) in [6.45, 7) is 8.34. The summed E-state index contributed by atoms with van der Waals surface area (Å²) < 4.78 is 10.8. The molecule has 1 N–H and O–H groups in total. The van der Waals surface area contributed by atoms with Crippen molar-refractivity contribution in [2.75, 3.05) is 18.5 Å². The van der Waals surface area contributed by atoms with Crippen molar-refractivity contribution >= 4 is 28.2 Å². The van der Waals surface area contributed by atoms with Crippen LogP contribution in [0.1, 0.15) is 43.6 Å². The van der Waals surface area contributed by atoms with Crippen molar-refractivity contribution in [1.82, 2.24) is 0 Å². The minimum atomic E-state index is -0.656. The first kappa shape index (κ1) is 23.5. The summed E-state index contributed by atoms with van der Waals surface area (Å²) in [6.07, 6.45) is 0.589. The van der Waals surface area contributed by atoms with E-state index in [2.05, 4.69) is 5.32 Å². The van der Waals surface area contributed by atoms with Crippen LogP contribution in [0, 0.1) is 5.41 Å². The smallest absolute Gasteiger partial charge is 0.341 e. The van der Waals surface area contributed by atoms with Crippen LogP contribution in [0.2, 0.25) is 0 Å². The van der Waals surface area contributed by atoms with Crippen LogP contribution < -0.4 is 10.1 Å². The maximum Gasteiger partial charge on any atom is 0.341 e. The average Bonchev–Trinajstić information content (AvgIpc) is 3.18. The highest BCUT2D eigenvalue weighted by Gasteiger charge is 2.31. The first-order chi connectivity index (χ1) is 15.4. The highest BCUT2D eigenvalue weighted by molar-refractivity contribution is 7.15. The minimum Gasteiger partial charge on any atom is -0.494 e. The van der Waals surface area contributed by atoms with Crippen LogP contribution in [-0.2, 0) is 16.0 Å². The third kappa shape index (κ3) is 5.56. The molecule has 1 amide bonds. The Hall–Kier alpha value is -3.12. The highest BCUT2D eigenvalue weighted by Crippen LogP contribution is 2.38. The molecule has 168 valence electrons. The molecule has 0 aliphatic carbocycles. The molecule has 0 spiro atoms. The number of esters is 1. The van der Waals surface area contributed by atoms with Crippen molar-refractivity contribution in [3.05, 3.63) is 71.1 Å². The van der Waals surface area contributed by atoms with Crippen LogP contribution in [0.3, 0.4) is 0 Å². The number of carbonyl (C=O) groups excluding carboxylic acids is 2. The van der Waals surface area contributed by atoms with E-state index in [1.54, 1.807) is 6.92 Å². The molecule has 0 saturated heterocycles. The Balaban J connectivity index is 1.89. The predicted molar refractivity (Wildman–Crippen MR) is 129 cm³/mol. The van der Waals surface area contributed by atoms with Gasteiger partial charge in [0.05, 0.1) is 13.2 Å². The second kappa shape index (κ2) is 10.5. The fourth-order valence-electron chi connectivity index (χ4n) is 3.42. The van der Waals surface area contributed by atoms with E-state index in [1.807, 2.05) is 80.7 Å². The number of nitrogens with one attached hydrogen (secondary N) is 1. The van der Waals surface area contributed by atoms with Gasteiger partial charge in [0.25, 0.3) is 0 Å². The topological polar surface area (TPSA) is 64.6 Å². The number of anilines is 1. The monoisotopic (exact) mass is 451 g/mol. The molecular formula is C26H29NO4S. The summed E-state index contributed by atoms with van der Waals surface area (Å²) in [7, 11) is 0. The highest BCUT2D eigenvalue weighted by atomic mass is 32.1. The zero-order chi connectivity index (χ0) is 23.1. The third-order valence-corrected chi connectivity index (χ3v) is 5.97. The van der Waals surface area contributed by atoms with Crippen molar-refractivity contribution in [1.29, 1.82) is 0 Å². The van der Waals surface area contributed by atoms with Crippen LogP contribution in [0.15, 0.2) is 60.0 Å². The molecule has 5 nitrogen and oxygen atoms in total. The van der Waals surface area contributed by atoms with Crippen molar-refractivity contribution in [3.63, 3.8) is 0 Å². The van der Waals surface area contributed by atoms with Gasteiger partial charge in [-0.15, -0.1) is 11.3 Å². The molecule has 1 heterocycles. The number of amides is 1. The van der Waals surface area contributed by atoms with E-state index in [1.165, 1.54) is 11.3 Å². The summed E-state index contributed by atoms with van der Waals surface area (Å²) in [5, 5.41) is 5.36. The van der Waals surface area contributed by atoms with Crippen molar-refractivity contribution in [2.45, 2.75) is 34.1 Å². The van der Waals surface area contributed by atoms with Gasteiger partial charge in [0.2, 0.25) is 5.91 Å². The molecule has 2 aromatic carbocycles. The second-order valence-corrected chi connectivity index (χ2v) is 8.91. The fraction of sp³-hybridized carbons (Fsp3) is 0.308. The molecule has 3 rings (SSSR count). The largest absolute Gasteiger partial charge is 0.494 e. The van der Waals surface area contributed by atoms with Gasteiger partial charge < -0.3 is 14.8 Å². The molecule has 32 heavy (non-hydrogen) atoms. The van der Waals surface area contributed by atoms with Gasteiger partial charge in [-0.1, -0.05) is 56.3 Å². The Labute approximate surface area is 193 Å². The Morgan fingerprint density at radius 2 is 1.66 bits per heavy atom. The van der Waals surface area contributed by atoms with E-state index in [0.29, 0.717) is 23.6 Å². The van der Waals surface area contributed by atoms with Gasteiger partial charge in [-0.05, 0) is 43.5 Å². The fourth-order valence-corrected chi connectivity index (χ4v) is 4.38. The quantitative estimate of drug-likeness (QED) is 0.394. The molecule has 0 atom stereocenters. The Bertz CT molecular complexity index is 1060. The zero-order valence-electron chi connectivity index (χ0n) is 18.9. The minimum absolute atomic E-state index is 0.146. The molecule has 0 fully saturated rings. The van der Waals surface area contributed by atoms with Gasteiger partial charge in [0, 0.05) is 16.4 Å². The lowest BCUT2D eigenvalue weighted by molar-refractivity contribution is -0.123. The van der Waals surface area contributed by atoms with Crippen molar-refractivity contribution in [2.24, 2.45) is 5.41 Å². The molecule has 0 radical (unpaired) electrons. The Morgan fingerprint density at radius 3 is 2.28 bits per heavy atom. The summed E-state index contributed by atoms with van der Waals surface area (Å²) >= 11 is 1.33. The van der Waals surface area contributed by atoms with Gasteiger partial charge in [0.1, 0.15) is 16.3 Å². The maximum absolute atomic E-state index is 13.2. The lowest BCUT2D eigenvalue weighted by atomic mass is 9.85. The lowest BCUT2D eigenvalue weighted by Crippen LogP contribution is -2.33. The first-order valence-electron chi connectivity index (χ1n) is 10.7. The zero-order valence-corrected chi connectivity index (χ0v) is 19.8. The Kier molecular flexibility index (Phi) is 7.70. The molecular weight excluding hydrogens is 422 g/mol. The lowest BCUT2D eigenvalue weighted by Gasteiger charge is -2.23. The van der Waals surface area contributed by atoms with Crippen LogP contribution in [0.4, 0.5) is 5.00 Å². The van der Waals surface area contributed by atoms with E-state index in [9.17, 15) is 9.59 Å². The summed E-state index contributed by atoms with van der Waals surface area (Å²) in [5.74, 6) is 0.168. The molecule has 6 heteroatoms. The van der Waals surface area contributed by atoms with E-state index in [-0.39, 0.29) is 12.5 Å².